The van der Waals surface area contributed by atoms with Crippen LogP contribution in [0, 0.1) is 0 Å². The second-order valence-corrected chi connectivity index (χ2v) is 5.87. The zero-order chi connectivity index (χ0) is 17.8. The van der Waals surface area contributed by atoms with E-state index in [4.69, 9.17) is 16.3 Å². The van der Waals surface area contributed by atoms with E-state index in [1.54, 1.807) is 6.07 Å². The number of aromatic nitrogens is 2. The smallest absolute Gasteiger partial charge is 0.328 e. The number of rotatable bonds is 5. The van der Waals surface area contributed by atoms with Gasteiger partial charge in [-0.3, -0.25) is 4.79 Å². The van der Waals surface area contributed by atoms with Gasteiger partial charge in [0.25, 0.3) is 5.91 Å². The fraction of sp³-hybridized carbons (Fsp3) is 0.167. The van der Waals surface area contributed by atoms with Gasteiger partial charge in [-0.2, -0.15) is 0 Å². The number of para-hydroxylation sites is 1. The zero-order valence-corrected chi connectivity index (χ0v) is 14.2. The summed E-state index contributed by atoms with van der Waals surface area (Å²) in [6, 6.07) is 10.0. The van der Waals surface area contributed by atoms with Crippen LogP contribution in [0.15, 0.2) is 48.8 Å². The Labute approximate surface area is 149 Å². The molecule has 3 rings (SSSR count). The molecule has 2 aromatic heterocycles. The van der Waals surface area contributed by atoms with Crippen LogP contribution in [-0.4, -0.2) is 35.0 Å². The first-order chi connectivity index (χ1) is 12.1. The second-order valence-electron chi connectivity index (χ2n) is 5.48. The quantitative estimate of drug-likeness (QED) is 0.543. The van der Waals surface area contributed by atoms with Crippen LogP contribution in [0.5, 0.6) is 0 Å². The normalized spacial score (nSPS) is 11.9. The van der Waals surface area contributed by atoms with E-state index < -0.39 is 17.9 Å². The number of benzene rings is 1. The Morgan fingerprint density at radius 3 is 2.80 bits per heavy atom. The zero-order valence-electron chi connectivity index (χ0n) is 13.5. The van der Waals surface area contributed by atoms with Gasteiger partial charge in [-0.1, -0.05) is 29.8 Å². The molecule has 1 atom stereocenters. The number of ether oxygens (including phenoxy) is 1. The third-order valence-electron chi connectivity index (χ3n) is 3.88. The number of aromatic amines is 1. The van der Waals surface area contributed by atoms with Crippen LogP contribution in [0.25, 0.3) is 10.9 Å². The summed E-state index contributed by atoms with van der Waals surface area (Å²) < 4.78 is 4.83. The molecule has 1 aromatic carbocycles. The molecule has 0 saturated heterocycles. The van der Waals surface area contributed by atoms with Crippen molar-refractivity contribution >= 4 is 34.4 Å². The van der Waals surface area contributed by atoms with Crippen LogP contribution in [0.2, 0.25) is 5.15 Å². The van der Waals surface area contributed by atoms with Crippen molar-refractivity contribution in [3.8, 4) is 0 Å². The number of carbonyl (C=O) groups excluding carboxylic acids is 2. The minimum atomic E-state index is -0.813. The van der Waals surface area contributed by atoms with E-state index in [0.717, 1.165) is 16.5 Å². The SMILES string of the molecule is COC(=O)[C@@H](Cc1c[nH]c2ccccc12)NC(=O)c1ccc(Cl)nc1. The molecule has 0 bridgehead atoms. The number of nitrogens with one attached hydrogen (secondary N) is 2. The van der Waals surface area contributed by atoms with Crippen molar-refractivity contribution < 1.29 is 14.3 Å². The Morgan fingerprint density at radius 1 is 1.28 bits per heavy atom. The molecule has 7 heteroatoms. The Hall–Kier alpha value is -2.86. The average molecular weight is 358 g/mol. The Bertz CT molecular complexity index is 905. The van der Waals surface area contributed by atoms with E-state index in [9.17, 15) is 9.59 Å². The topological polar surface area (TPSA) is 84.1 Å². The van der Waals surface area contributed by atoms with E-state index in [1.165, 1.54) is 19.4 Å². The van der Waals surface area contributed by atoms with Gasteiger partial charge in [-0.05, 0) is 23.8 Å². The van der Waals surface area contributed by atoms with Crippen LogP contribution >= 0.6 is 11.6 Å². The molecule has 0 spiro atoms. The average Bonchev–Trinajstić information content (AvgIpc) is 3.04. The molecule has 2 heterocycles. The van der Waals surface area contributed by atoms with Gasteiger partial charge in [0.2, 0.25) is 0 Å². The number of nitrogens with zero attached hydrogens (tertiary/aromatic N) is 1. The number of hydrogen-bond donors (Lipinski definition) is 2. The van der Waals surface area contributed by atoms with Gasteiger partial charge in [0.15, 0.2) is 0 Å². The first-order valence-electron chi connectivity index (χ1n) is 7.63. The predicted octanol–water partition coefficient (Wildman–Crippen LogP) is 2.73. The van der Waals surface area contributed by atoms with Gasteiger partial charge >= 0.3 is 5.97 Å². The largest absolute Gasteiger partial charge is 0.467 e. The molecule has 2 N–H and O–H groups in total. The van der Waals surface area contributed by atoms with Crippen molar-refractivity contribution in [3.63, 3.8) is 0 Å². The highest BCUT2D eigenvalue weighted by molar-refractivity contribution is 6.29. The molecule has 128 valence electrons. The molecule has 25 heavy (non-hydrogen) atoms. The molecule has 0 unspecified atom stereocenters. The van der Waals surface area contributed by atoms with E-state index in [1.807, 2.05) is 30.5 Å². The maximum absolute atomic E-state index is 12.4. The van der Waals surface area contributed by atoms with Gasteiger partial charge in [0.05, 0.1) is 12.7 Å². The number of H-pyrrole nitrogens is 1. The number of methoxy groups -OCH3 is 1. The highest BCUT2D eigenvalue weighted by Crippen LogP contribution is 2.19. The lowest BCUT2D eigenvalue weighted by atomic mass is 10.0. The van der Waals surface area contributed by atoms with Crippen LogP contribution in [0.4, 0.5) is 0 Å². The minimum Gasteiger partial charge on any atom is -0.467 e. The minimum absolute atomic E-state index is 0.292. The Balaban J connectivity index is 1.81. The number of esters is 1. The molecule has 0 fully saturated rings. The molecule has 1 amide bonds. The maximum atomic E-state index is 12.4. The molecule has 0 saturated carbocycles. The van der Waals surface area contributed by atoms with Crippen LogP contribution in [-0.2, 0) is 16.0 Å². The summed E-state index contributed by atoms with van der Waals surface area (Å²) in [6.45, 7) is 0. The van der Waals surface area contributed by atoms with E-state index in [2.05, 4.69) is 15.3 Å². The summed E-state index contributed by atoms with van der Waals surface area (Å²) in [6.07, 6.45) is 3.50. The Kier molecular flexibility index (Phi) is 5.00. The molecule has 0 radical (unpaired) electrons. The second kappa shape index (κ2) is 7.36. The van der Waals surface area contributed by atoms with Crippen molar-refractivity contribution in [3.05, 3.63) is 65.1 Å². The summed E-state index contributed by atoms with van der Waals surface area (Å²) >= 11 is 5.72. The number of halogens is 1. The number of pyridine rings is 1. The monoisotopic (exact) mass is 357 g/mol. The lowest BCUT2D eigenvalue weighted by Gasteiger charge is -2.16. The fourth-order valence-corrected chi connectivity index (χ4v) is 2.72. The predicted molar refractivity (Wildman–Crippen MR) is 94.5 cm³/mol. The highest BCUT2D eigenvalue weighted by Gasteiger charge is 2.24. The van der Waals surface area contributed by atoms with Gasteiger partial charge in [0.1, 0.15) is 11.2 Å². The Morgan fingerprint density at radius 2 is 2.08 bits per heavy atom. The van der Waals surface area contributed by atoms with E-state index >= 15 is 0 Å². The summed E-state index contributed by atoms with van der Waals surface area (Å²) in [4.78, 5) is 31.5. The summed E-state index contributed by atoms with van der Waals surface area (Å²) in [5.41, 5.74) is 2.20. The standard InChI is InChI=1S/C18H16ClN3O3/c1-25-18(24)15(22-17(23)11-6-7-16(19)21-9-11)8-12-10-20-14-5-3-2-4-13(12)14/h2-7,9-10,15,20H,8H2,1H3,(H,22,23)/t15-/m1/s1. The number of hydrogen-bond acceptors (Lipinski definition) is 4. The van der Waals surface area contributed by atoms with Crippen molar-refractivity contribution in [2.45, 2.75) is 12.5 Å². The lowest BCUT2D eigenvalue weighted by Crippen LogP contribution is -2.43. The first kappa shape index (κ1) is 17.0. The molecule has 0 aliphatic carbocycles. The molecular weight excluding hydrogens is 342 g/mol. The lowest BCUT2D eigenvalue weighted by molar-refractivity contribution is -0.142. The van der Waals surface area contributed by atoms with E-state index in [0.29, 0.717) is 17.1 Å². The van der Waals surface area contributed by atoms with Gasteiger partial charge in [0, 0.05) is 29.7 Å². The highest BCUT2D eigenvalue weighted by atomic mass is 35.5. The summed E-state index contributed by atoms with van der Waals surface area (Å²) in [5, 5.41) is 3.99. The van der Waals surface area contributed by atoms with Gasteiger partial charge < -0.3 is 15.0 Å². The molecule has 6 nitrogen and oxygen atoms in total. The van der Waals surface area contributed by atoms with Crippen molar-refractivity contribution in [2.75, 3.05) is 7.11 Å². The van der Waals surface area contributed by atoms with Crippen molar-refractivity contribution in [1.29, 1.82) is 0 Å². The summed E-state index contributed by atoms with van der Waals surface area (Å²) in [7, 11) is 1.29. The van der Waals surface area contributed by atoms with Crippen LogP contribution in [0.1, 0.15) is 15.9 Å². The van der Waals surface area contributed by atoms with Crippen LogP contribution in [0.3, 0.4) is 0 Å². The first-order valence-corrected chi connectivity index (χ1v) is 8.01. The third-order valence-corrected chi connectivity index (χ3v) is 4.10. The van der Waals surface area contributed by atoms with Crippen molar-refractivity contribution in [2.24, 2.45) is 0 Å². The maximum Gasteiger partial charge on any atom is 0.328 e. The molecule has 0 aliphatic rings. The number of fused-ring (bicyclic) bond motifs is 1. The van der Waals surface area contributed by atoms with Gasteiger partial charge in [-0.25, -0.2) is 9.78 Å². The van der Waals surface area contributed by atoms with E-state index in [-0.39, 0.29) is 0 Å². The van der Waals surface area contributed by atoms with Crippen molar-refractivity contribution in [1.82, 2.24) is 15.3 Å². The fourth-order valence-electron chi connectivity index (χ4n) is 2.61. The van der Waals surface area contributed by atoms with Gasteiger partial charge in [-0.15, -0.1) is 0 Å². The van der Waals surface area contributed by atoms with Crippen LogP contribution < -0.4 is 5.32 Å². The molecule has 0 aliphatic heterocycles. The summed E-state index contributed by atoms with van der Waals surface area (Å²) in [5.74, 6) is -0.931. The number of carbonyl (C=O) groups is 2. The third kappa shape index (κ3) is 3.80. The number of amides is 1. The molecule has 3 aromatic rings. The molecular formula is C18H16ClN3O3.